The van der Waals surface area contributed by atoms with Gasteiger partial charge in [0, 0.05) is 17.1 Å². The van der Waals surface area contributed by atoms with Gasteiger partial charge < -0.3 is 9.47 Å². The Morgan fingerprint density at radius 3 is 2.52 bits per heavy atom. The molecule has 1 aliphatic heterocycles. The number of nitrogens with zero attached hydrogens (tertiary/aromatic N) is 2. The normalized spacial score (nSPS) is 17.8. The van der Waals surface area contributed by atoms with E-state index in [9.17, 15) is 0 Å². The molecule has 5 rings (SSSR count). The summed E-state index contributed by atoms with van der Waals surface area (Å²) in [6, 6.07) is 16.6. The third-order valence-corrected chi connectivity index (χ3v) is 5.08. The van der Waals surface area contributed by atoms with Crippen molar-refractivity contribution < 1.29 is 9.47 Å². The fraction of sp³-hybridized carbons (Fsp3) is 0.217. The summed E-state index contributed by atoms with van der Waals surface area (Å²) in [4.78, 5) is 9.38. The van der Waals surface area contributed by atoms with Crippen LogP contribution in [-0.4, -0.2) is 29.5 Å². The Morgan fingerprint density at radius 2 is 1.74 bits per heavy atom. The molecule has 0 atom stereocenters. The molecule has 0 saturated carbocycles. The Bertz CT molecular complexity index is 1030. The maximum atomic E-state index is 5.64. The van der Waals surface area contributed by atoms with Crippen LogP contribution >= 0.6 is 0 Å². The lowest BCUT2D eigenvalue weighted by atomic mass is 9.91. The van der Waals surface area contributed by atoms with Crippen molar-refractivity contribution in [2.45, 2.75) is 19.1 Å². The van der Waals surface area contributed by atoms with Gasteiger partial charge in [-0.15, -0.1) is 0 Å². The van der Waals surface area contributed by atoms with E-state index < -0.39 is 0 Å². The standard InChI is InChI=1S/C23H20N2O2/c1-2-5-16(6-3-1)20-15-19-7-4-12-24-22(19)25-21(20)17-8-10-18(11-9-17)23-26-13-14-27-23/h1-8,10,12,15,23H,9,11,13-14H2. The van der Waals surface area contributed by atoms with Crippen molar-refractivity contribution in [3.63, 3.8) is 0 Å². The highest BCUT2D eigenvalue weighted by Crippen LogP contribution is 2.35. The van der Waals surface area contributed by atoms with Crippen LogP contribution in [0.3, 0.4) is 0 Å². The van der Waals surface area contributed by atoms with Crippen LogP contribution < -0.4 is 0 Å². The smallest absolute Gasteiger partial charge is 0.180 e. The van der Waals surface area contributed by atoms with Crippen LogP contribution in [0.1, 0.15) is 18.5 Å². The predicted octanol–water partition coefficient (Wildman–Crippen LogP) is 4.77. The number of ether oxygens (including phenoxy) is 2. The summed E-state index contributed by atoms with van der Waals surface area (Å²) >= 11 is 0. The zero-order valence-corrected chi connectivity index (χ0v) is 15.0. The SMILES string of the molecule is C1=C(c2nc3ncccc3cc2-c2ccccc2)CCC(C2OCCO2)=C1. The minimum Gasteiger partial charge on any atom is -0.346 e. The molecule has 2 aromatic heterocycles. The third-order valence-electron chi connectivity index (χ3n) is 5.08. The second-order valence-corrected chi connectivity index (χ2v) is 6.81. The highest BCUT2D eigenvalue weighted by atomic mass is 16.7. The minimum absolute atomic E-state index is 0.178. The van der Waals surface area contributed by atoms with Crippen LogP contribution in [-0.2, 0) is 9.47 Å². The lowest BCUT2D eigenvalue weighted by molar-refractivity contribution is -0.0134. The molecule has 0 radical (unpaired) electrons. The molecule has 0 unspecified atom stereocenters. The Labute approximate surface area is 158 Å². The van der Waals surface area contributed by atoms with Crippen LogP contribution in [0.4, 0.5) is 0 Å². The van der Waals surface area contributed by atoms with E-state index in [4.69, 9.17) is 14.5 Å². The van der Waals surface area contributed by atoms with Crippen LogP contribution in [0.5, 0.6) is 0 Å². The molecule has 134 valence electrons. The first kappa shape index (κ1) is 16.4. The lowest BCUT2D eigenvalue weighted by Crippen LogP contribution is -2.13. The molecule has 3 aromatic rings. The molecule has 1 saturated heterocycles. The second-order valence-electron chi connectivity index (χ2n) is 6.81. The molecular formula is C23H20N2O2. The highest BCUT2D eigenvalue weighted by Gasteiger charge is 2.23. The van der Waals surface area contributed by atoms with E-state index in [1.54, 1.807) is 6.20 Å². The number of fused-ring (bicyclic) bond motifs is 1. The van der Waals surface area contributed by atoms with Gasteiger partial charge in [-0.05, 0) is 47.8 Å². The molecule has 3 heterocycles. The Morgan fingerprint density at radius 1 is 0.889 bits per heavy atom. The average Bonchev–Trinajstić information content (AvgIpc) is 3.28. The van der Waals surface area contributed by atoms with Crippen molar-refractivity contribution in [3.8, 4) is 11.1 Å². The minimum atomic E-state index is -0.178. The van der Waals surface area contributed by atoms with E-state index in [2.05, 4.69) is 53.5 Å². The topological polar surface area (TPSA) is 44.2 Å². The van der Waals surface area contributed by atoms with Crippen molar-refractivity contribution >= 4 is 16.6 Å². The van der Waals surface area contributed by atoms with E-state index in [0.29, 0.717) is 13.2 Å². The van der Waals surface area contributed by atoms with E-state index in [0.717, 1.165) is 35.1 Å². The second kappa shape index (κ2) is 7.06. The zero-order valence-electron chi connectivity index (χ0n) is 15.0. The molecule has 4 nitrogen and oxygen atoms in total. The van der Waals surface area contributed by atoms with Gasteiger partial charge in [0.25, 0.3) is 0 Å². The van der Waals surface area contributed by atoms with Crippen molar-refractivity contribution in [2.24, 2.45) is 0 Å². The van der Waals surface area contributed by atoms with E-state index in [1.807, 2.05) is 12.1 Å². The summed E-state index contributed by atoms with van der Waals surface area (Å²) < 4.78 is 11.3. The number of hydrogen-bond acceptors (Lipinski definition) is 4. The fourth-order valence-corrected chi connectivity index (χ4v) is 3.71. The summed E-state index contributed by atoms with van der Waals surface area (Å²) in [5.74, 6) is 0. The van der Waals surface area contributed by atoms with Crippen LogP contribution in [0.2, 0.25) is 0 Å². The number of benzene rings is 1. The number of rotatable bonds is 3. The van der Waals surface area contributed by atoms with Crippen molar-refractivity contribution in [2.75, 3.05) is 13.2 Å². The van der Waals surface area contributed by atoms with Gasteiger partial charge in [-0.25, -0.2) is 9.97 Å². The first-order valence-electron chi connectivity index (χ1n) is 9.33. The van der Waals surface area contributed by atoms with E-state index >= 15 is 0 Å². The molecular weight excluding hydrogens is 336 g/mol. The van der Waals surface area contributed by atoms with Gasteiger partial charge in [-0.2, -0.15) is 0 Å². The largest absolute Gasteiger partial charge is 0.346 e. The van der Waals surface area contributed by atoms with E-state index in [1.165, 1.54) is 16.7 Å². The molecule has 1 aliphatic carbocycles. The number of allylic oxidation sites excluding steroid dienone is 3. The van der Waals surface area contributed by atoms with Gasteiger partial charge in [0.1, 0.15) is 0 Å². The molecule has 0 amide bonds. The highest BCUT2D eigenvalue weighted by molar-refractivity contribution is 5.88. The first-order valence-corrected chi connectivity index (χ1v) is 9.33. The van der Waals surface area contributed by atoms with Gasteiger partial charge in [0.15, 0.2) is 11.9 Å². The molecule has 2 aliphatic rings. The maximum absolute atomic E-state index is 5.64. The maximum Gasteiger partial charge on any atom is 0.180 e. The van der Waals surface area contributed by atoms with Crippen LogP contribution in [0, 0.1) is 0 Å². The molecule has 4 heteroatoms. The van der Waals surface area contributed by atoms with Crippen LogP contribution in [0.25, 0.3) is 27.7 Å². The zero-order chi connectivity index (χ0) is 18.1. The molecule has 27 heavy (non-hydrogen) atoms. The fourth-order valence-electron chi connectivity index (χ4n) is 3.71. The lowest BCUT2D eigenvalue weighted by Gasteiger charge is -2.20. The predicted molar refractivity (Wildman–Crippen MR) is 106 cm³/mol. The molecule has 1 fully saturated rings. The van der Waals surface area contributed by atoms with Gasteiger partial charge in [-0.3, -0.25) is 0 Å². The average molecular weight is 356 g/mol. The van der Waals surface area contributed by atoms with Crippen molar-refractivity contribution in [1.29, 1.82) is 0 Å². The van der Waals surface area contributed by atoms with Gasteiger partial charge in [0.05, 0.1) is 18.9 Å². The summed E-state index contributed by atoms with van der Waals surface area (Å²) in [6.07, 6.45) is 7.75. The van der Waals surface area contributed by atoms with Crippen molar-refractivity contribution in [1.82, 2.24) is 9.97 Å². The van der Waals surface area contributed by atoms with Gasteiger partial charge in [0.2, 0.25) is 0 Å². The Balaban J connectivity index is 1.61. The van der Waals surface area contributed by atoms with Gasteiger partial charge in [-0.1, -0.05) is 42.5 Å². The number of pyridine rings is 2. The Hall–Kier alpha value is -2.82. The summed E-state index contributed by atoms with van der Waals surface area (Å²) in [5, 5.41) is 1.06. The monoisotopic (exact) mass is 356 g/mol. The molecule has 0 N–H and O–H groups in total. The van der Waals surface area contributed by atoms with Crippen LogP contribution in [0.15, 0.2) is 72.5 Å². The van der Waals surface area contributed by atoms with Gasteiger partial charge >= 0.3 is 0 Å². The third kappa shape index (κ3) is 3.18. The number of aromatic nitrogens is 2. The summed E-state index contributed by atoms with van der Waals surface area (Å²) in [7, 11) is 0. The van der Waals surface area contributed by atoms with E-state index in [-0.39, 0.29) is 6.29 Å². The first-order chi connectivity index (χ1) is 13.4. The summed E-state index contributed by atoms with van der Waals surface area (Å²) in [5.41, 5.74) is 6.54. The summed E-state index contributed by atoms with van der Waals surface area (Å²) in [6.45, 7) is 1.35. The molecule has 0 spiro atoms. The molecule has 0 bridgehead atoms. The quantitative estimate of drug-likeness (QED) is 0.678. The number of hydrogen-bond donors (Lipinski definition) is 0. The molecule has 1 aromatic carbocycles. The Kier molecular flexibility index (Phi) is 4.28. The van der Waals surface area contributed by atoms with Crippen molar-refractivity contribution in [3.05, 3.63) is 78.1 Å².